The molecule has 2 rings (SSSR count). The Morgan fingerprint density at radius 3 is 2.67 bits per heavy atom. The van der Waals surface area contributed by atoms with Gasteiger partial charge in [-0.3, -0.25) is 9.00 Å². The molecule has 0 heterocycles. The van der Waals surface area contributed by atoms with E-state index < -0.39 is 16.0 Å². The van der Waals surface area contributed by atoms with Crippen molar-refractivity contribution in [3.8, 4) is 0 Å². The Morgan fingerprint density at radius 1 is 1.33 bits per heavy atom. The van der Waals surface area contributed by atoms with Gasteiger partial charge < -0.3 is 5.32 Å². The van der Waals surface area contributed by atoms with Crippen molar-refractivity contribution in [1.82, 2.24) is 5.32 Å². The molecule has 21 heavy (non-hydrogen) atoms. The first kappa shape index (κ1) is 16.5. The molecule has 1 aromatic carbocycles. The summed E-state index contributed by atoms with van der Waals surface area (Å²) in [7, 11) is -1.26. The highest BCUT2D eigenvalue weighted by Crippen LogP contribution is 2.19. The van der Waals surface area contributed by atoms with Crippen LogP contribution in [0, 0.1) is 0 Å². The summed E-state index contributed by atoms with van der Waals surface area (Å²) < 4.78 is 12.3. The van der Waals surface area contributed by atoms with Gasteiger partial charge in [0.05, 0.1) is 5.75 Å². The average molecular weight is 328 g/mol. The molecule has 2 atom stereocenters. The molecular formula is C16H22ClNO2S. The van der Waals surface area contributed by atoms with Crippen molar-refractivity contribution in [1.29, 1.82) is 0 Å². The Labute approximate surface area is 133 Å². The second kappa shape index (κ2) is 7.95. The van der Waals surface area contributed by atoms with Gasteiger partial charge in [0.25, 0.3) is 0 Å². The third-order valence-corrected chi connectivity index (χ3v) is 5.94. The zero-order valence-corrected chi connectivity index (χ0v) is 13.9. The normalized spacial score (nSPS) is 19.0. The molecule has 0 aromatic heterocycles. The summed E-state index contributed by atoms with van der Waals surface area (Å²) >= 11 is 6.07. The highest BCUT2D eigenvalue weighted by Gasteiger charge is 2.24. The van der Waals surface area contributed by atoms with Crippen LogP contribution in [0.4, 0.5) is 0 Å². The predicted octanol–water partition coefficient (Wildman–Crippen LogP) is 3.43. The van der Waals surface area contributed by atoms with Crippen LogP contribution in [-0.4, -0.2) is 21.4 Å². The van der Waals surface area contributed by atoms with Crippen LogP contribution in [0.15, 0.2) is 24.3 Å². The number of amides is 1. The number of hydrogen-bond acceptors (Lipinski definition) is 2. The van der Waals surface area contributed by atoms with Gasteiger partial charge in [-0.15, -0.1) is 0 Å². The van der Waals surface area contributed by atoms with E-state index in [4.69, 9.17) is 11.6 Å². The van der Waals surface area contributed by atoms with Crippen molar-refractivity contribution in [2.45, 2.75) is 56.1 Å². The van der Waals surface area contributed by atoms with Gasteiger partial charge in [-0.25, -0.2) is 0 Å². The summed E-state index contributed by atoms with van der Waals surface area (Å²) in [6.45, 7) is 1.73. The van der Waals surface area contributed by atoms with Crippen LogP contribution in [0.25, 0.3) is 0 Å². The van der Waals surface area contributed by atoms with Crippen LogP contribution in [0.1, 0.15) is 44.6 Å². The summed E-state index contributed by atoms with van der Waals surface area (Å²) in [5.74, 6) is 0.214. The fourth-order valence-electron chi connectivity index (χ4n) is 2.58. The second-order valence-corrected chi connectivity index (χ2v) is 7.77. The van der Waals surface area contributed by atoms with Crippen molar-refractivity contribution in [2.75, 3.05) is 0 Å². The number of rotatable bonds is 5. The second-order valence-electron chi connectivity index (χ2n) is 5.60. The highest BCUT2D eigenvalue weighted by molar-refractivity contribution is 7.85. The first-order valence-corrected chi connectivity index (χ1v) is 9.25. The molecule has 1 amide bonds. The molecule has 3 nitrogen and oxygen atoms in total. The summed E-state index contributed by atoms with van der Waals surface area (Å²) in [6.07, 6.45) is 5.66. The molecule has 0 aliphatic heterocycles. The molecule has 116 valence electrons. The molecule has 0 saturated heterocycles. The van der Waals surface area contributed by atoms with E-state index >= 15 is 0 Å². The van der Waals surface area contributed by atoms with E-state index in [0.717, 1.165) is 18.4 Å². The molecule has 1 aliphatic rings. The Kier molecular flexibility index (Phi) is 6.24. The molecular weight excluding hydrogens is 306 g/mol. The van der Waals surface area contributed by atoms with Crippen molar-refractivity contribution in [2.24, 2.45) is 0 Å². The molecule has 1 saturated carbocycles. The smallest absolute Gasteiger partial charge is 0.235 e. The molecule has 1 fully saturated rings. The fraction of sp³-hybridized carbons (Fsp3) is 0.562. The number of benzene rings is 1. The summed E-state index contributed by atoms with van der Waals surface area (Å²) in [5, 5.41) is 3.13. The lowest BCUT2D eigenvalue weighted by atomic mass is 9.95. The van der Waals surface area contributed by atoms with Gasteiger partial charge >= 0.3 is 0 Å². The number of carbonyl (C=O) groups is 1. The predicted molar refractivity (Wildman–Crippen MR) is 87.8 cm³/mol. The molecule has 1 aromatic rings. The summed E-state index contributed by atoms with van der Waals surface area (Å²) in [6, 6.07) is 7.59. The number of carbonyl (C=O) groups excluding carboxylic acids is 1. The SMILES string of the molecule is C[C@H](C(=O)NC1CCCCC1)[S@@](=O)Cc1ccccc1Cl. The van der Waals surface area contributed by atoms with Crippen LogP contribution in [-0.2, 0) is 21.3 Å². The van der Waals surface area contributed by atoms with E-state index in [1.165, 1.54) is 19.3 Å². The maximum absolute atomic E-state index is 12.3. The third-order valence-electron chi connectivity index (χ3n) is 3.97. The molecule has 0 unspecified atom stereocenters. The molecule has 1 aliphatic carbocycles. The maximum Gasteiger partial charge on any atom is 0.235 e. The van der Waals surface area contributed by atoms with E-state index in [9.17, 15) is 9.00 Å². The van der Waals surface area contributed by atoms with Crippen molar-refractivity contribution < 1.29 is 9.00 Å². The van der Waals surface area contributed by atoms with Crippen molar-refractivity contribution in [3.63, 3.8) is 0 Å². The van der Waals surface area contributed by atoms with Crippen LogP contribution >= 0.6 is 11.6 Å². The van der Waals surface area contributed by atoms with Gasteiger partial charge in [0, 0.05) is 21.9 Å². The first-order valence-electron chi connectivity index (χ1n) is 7.49. The van der Waals surface area contributed by atoms with Gasteiger partial charge in [0.2, 0.25) is 5.91 Å². The topological polar surface area (TPSA) is 46.2 Å². The van der Waals surface area contributed by atoms with Gasteiger partial charge in [-0.1, -0.05) is 49.1 Å². The van der Waals surface area contributed by atoms with Crippen LogP contribution in [0.5, 0.6) is 0 Å². The van der Waals surface area contributed by atoms with Gasteiger partial charge in [-0.2, -0.15) is 0 Å². The van der Waals surface area contributed by atoms with E-state index in [1.807, 2.05) is 18.2 Å². The fourth-order valence-corrected chi connectivity index (χ4v) is 3.98. The largest absolute Gasteiger partial charge is 0.352 e. The quantitative estimate of drug-likeness (QED) is 0.900. The molecule has 0 radical (unpaired) electrons. The standard InChI is InChI=1S/C16H22ClNO2S/c1-12(16(19)18-14-8-3-2-4-9-14)21(20)11-13-7-5-6-10-15(13)17/h5-7,10,12,14H,2-4,8-9,11H2,1H3,(H,18,19)/t12-,21+/m1/s1. The van der Waals surface area contributed by atoms with Crippen molar-refractivity contribution in [3.05, 3.63) is 34.9 Å². The lowest BCUT2D eigenvalue weighted by molar-refractivity contribution is -0.121. The summed E-state index contributed by atoms with van der Waals surface area (Å²) in [5.41, 5.74) is 0.829. The Balaban J connectivity index is 1.89. The third kappa shape index (κ3) is 4.82. The average Bonchev–Trinajstić information content (AvgIpc) is 2.49. The zero-order valence-electron chi connectivity index (χ0n) is 12.3. The number of hydrogen-bond donors (Lipinski definition) is 1. The molecule has 0 spiro atoms. The molecule has 1 N–H and O–H groups in total. The van der Waals surface area contributed by atoms with Crippen molar-refractivity contribution >= 4 is 28.3 Å². The minimum atomic E-state index is -1.26. The van der Waals surface area contributed by atoms with E-state index in [0.29, 0.717) is 10.8 Å². The monoisotopic (exact) mass is 327 g/mol. The molecule has 0 bridgehead atoms. The van der Waals surface area contributed by atoms with E-state index in [-0.39, 0.29) is 11.9 Å². The minimum absolute atomic E-state index is 0.104. The van der Waals surface area contributed by atoms with E-state index in [2.05, 4.69) is 5.32 Å². The lowest BCUT2D eigenvalue weighted by Gasteiger charge is -2.24. The molecule has 5 heteroatoms. The summed E-state index contributed by atoms with van der Waals surface area (Å²) in [4.78, 5) is 12.2. The highest BCUT2D eigenvalue weighted by atomic mass is 35.5. The van der Waals surface area contributed by atoms with E-state index in [1.54, 1.807) is 13.0 Å². The Bertz CT molecular complexity index is 515. The van der Waals surface area contributed by atoms with Gasteiger partial charge in [-0.05, 0) is 31.4 Å². The minimum Gasteiger partial charge on any atom is -0.352 e. The Morgan fingerprint density at radius 2 is 2.00 bits per heavy atom. The Hall–Kier alpha value is -0.870. The van der Waals surface area contributed by atoms with Crippen LogP contribution in [0.2, 0.25) is 5.02 Å². The van der Waals surface area contributed by atoms with Gasteiger partial charge in [0.15, 0.2) is 0 Å². The first-order chi connectivity index (χ1) is 10.1. The number of nitrogens with one attached hydrogen (secondary N) is 1. The zero-order chi connectivity index (χ0) is 15.2. The number of halogens is 1. The van der Waals surface area contributed by atoms with Crippen LogP contribution < -0.4 is 5.32 Å². The van der Waals surface area contributed by atoms with Crippen LogP contribution in [0.3, 0.4) is 0 Å². The lowest BCUT2D eigenvalue weighted by Crippen LogP contribution is -2.42. The maximum atomic E-state index is 12.3. The van der Waals surface area contributed by atoms with Gasteiger partial charge in [0.1, 0.15) is 5.25 Å².